The monoisotopic (exact) mass is 410 g/mol. The van der Waals surface area contributed by atoms with E-state index in [4.69, 9.17) is 4.74 Å². The van der Waals surface area contributed by atoms with Gasteiger partial charge in [0.15, 0.2) is 0 Å². The molecule has 6 nitrogen and oxygen atoms in total. The summed E-state index contributed by atoms with van der Waals surface area (Å²) in [6.45, 7) is 1.24. The Hall–Kier alpha value is -3.93. The predicted octanol–water partition coefficient (Wildman–Crippen LogP) is 4.39. The second-order valence-electron chi connectivity index (χ2n) is 7.57. The van der Waals surface area contributed by atoms with E-state index in [1.54, 1.807) is 12.4 Å². The number of hydrogen-bond donors (Lipinski definition) is 1. The number of benzene rings is 2. The third-order valence-corrected chi connectivity index (χ3v) is 5.51. The number of hydrogen-bond acceptors (Lipinski definition) is 4. The van der Waals surface area contributed by atoms with Gasteiger partial charge in [-0.1, -0.05) is 18.2 Å². The molecule has 1 aliphatic heterocycles. The van der Waals surface area contributed by atoms with Crippen LogP contribution in [0.1, 0.15) is 16.8 Å². The Balaban J connectivity index is 1.29. The molecule has 4 aromatic rings. The van der Waals surface area contributed by atoms with Crippen LogP contribution in [0.4, 0.5) is 0 Å². The summed E-state index contributed by atoms with van der Waals surface area (Å²) < 4.78 is 5.86. The molecule has 1 amide bonds. The normalized spacial score (nSPS) is 13.2. The molecule has 0 aliphatic carbocycles. The Morgan fingerprint density at radius 1 is 0.935 bits per heavy atom. The van der Waals surface area contributed by atoms with E-state index in [0.29, 0.717) is 19.5 Å². The molecule has 0 saturated heterocycles. The molecule has 1 aliphatic rings. The minimum atomic E-state index is 0.133. The Morgan fingerprint density at radius 2 is 1.68 bits per heavy atom. The SMILES string of the molecule is O=C1Cc2c(-c3ccc(Oc4ccccc4)cc3)n[nH]c2CN1CCc1ccncc1. The molecule has 0 bridgehead atoms. The number of nitrogens with zero attached hydrogens (tertiary/aromatic N) is 3. The number of fused-ring (bicyclic) bond motifs is 1. The summed E-state index contributed by atoms with van der Waals surface area (Å²) in [7, 11) is 0. The quantitative estimate of drug-likeness (QED) is 0.512. The van der Waals surface area contributed by atoms with Gasteiger partial charge in [-0.05, 0) is 60.5 Å². The van der Waals surface area contributed by atoms with E-state index in [1.807, 2.05) is 71.6 Å². The molecule has 154 valence electrons. The van der Waals surface area contributed by atoms with Crippen molar-refractivity contribution in [1.29, 1.82) is 0 Å². The topological polar surface area (TPSA) is 71.1 Å². The van der Waals surface area contributed by atoms with E-state index < -0.39 is 0 Å². The van der Waals surface area contributed by atoms with Crippen molar-refractivity contribution in [1.82, 2.24) is 20.1 Å². The molecule has 0 fully saturated rings. The number of para-hydroxylation sites is 1. The van der Waals surface area contributed by atoms with Crippen LogP contribution in [0.25, 0.3) is 11.3 Å². The van der Waals surface area contributed by atoms with Gasteiger partial charge in [-0.3, -0.25) is 14.9 Å². The van der Waals surface area contributed by atoms with Crippen LogP contribution in [-0.2, 0) is 24.2 Å². The lowest BCUT2D eigenvalue weighted by Crippen LogP contribution is -2.37. The van der Waals surface area contributed by atoms with Crippen molar-refractivity contribution >= 4 is 5.91 Å². The molecule has 3 heterocycles. The number of aromatic nitrogens is 3. The third-order valence-electron chi connectivity index (χ3n) is 5.51. The molecule has 0 unspecified atom stereocenters. The molecule has 0 radical (unpaired) electrons. The third kappa shape index (κ3) is 4.19. The fourth-order valence-corrected chi connectivity index (χ4v) is 3.83. The Labute approximate surface area is 180 Å². The van der Waals surface area contributed by atoms with Crippen molar-refractivity contribution in [2.75, 3.05) is 6.54 Å². The van der Waals surface area contributed by atoms with Gasteiger partial charge in [0.1, 0.15) is 11.5 Å². The van der Waals surface area contributed by atoms with Gasteiger partial charge in [-0.15, -0.1) is 0 Å². The average molecular weight is 410 g/mol. The molecular weight excluding hydrogens is 388 g/mol. The van der Waals surface area contributed by atoms with Crippen molar-refractivity contribution in [2.24, 2.45) is 0 Å². The minimum absolute atomic E-state index is 0.133. The maximum atomic E-state index is 12.8. The first-order valence-corrected chi connectivity index (χ1v) is 10.3. The molecular formula is C25H22N4O2. The Kier molecular flexibility index (Phi) is 5.19. The molecule has 2 aromatic carbocycles. The molecule has 0 spiro atoms. The predicted molar refractivity (Wildman–Crippen MR) is 118 cm³/mol. The van der Waals surface area contributed by atoms with E-state index in [-0.39, 0.29) is 5.91 Å². The Morgan fingerprint density at radius 3 is 2.45 bits per heavy atom. The maximum Gasteiger partial charge on any atom is 0.227 e. The zero-order valence-electron chi connectivity index (χ0n) is 17.0. The summed E-state index contributed by atoms with van der Waals surface area (Å²) in [5, 5.41) is 7.66. The van der Waals surface area contributed by atoms with Crippen molar-refractivity contribution in [3.8, 4) is 22.8 Å². The van der Waals surface area contributed by atoms with E-state index >= 15 is 0 Å². The number of amides is 1. The van der Waals surface area contributed by atoms with Crippen LogP contribution in [0.2, 0.25) is 0 Å². The smallest absolute Gasteiger partial charge is 0.227 e. The van der Waals surface area contributed by atoms with Crippen molar-refractivity contribution < 1.29 is 9.53 Å². The van der Waals surface area contributed by atoms with Gasteiger partial charge in [0.25, 0.3) is 0 Å². The number of carbonyl (C=O) groups is 1. The lowest BCUT2D eigenvalue weighted by atomic mass is 9.99. The van der Waals surface area contributed by atoms with Crippen LogP contribution in [0.3, 0.4) is 0 Å². The second kappa shape index (κ2) is 8.44. The summed E-state index contributed by atoms with van der Waals surface area (Å²) in [6.07, 6.45) is 4.73. The molecule has 1 N–H and O–H groups in total. The summed E-state index contributed by atoms with van der Waals surface area (Å²) in [6, 6.07) is 21.5. The van der Waals surface area contributed by atoms with Crippen LogP contribution in [0, 0.1) is 0 Å². The van der Waals surface area contributed by atoms with Crippen LogP contribution in [-0.4, -0.2) is 32.5 Å². The van der Waals surface area contributed by atoms with Gasteiger partial charge in [-0.2, -0.15) is 5.10 Å². The lowest BCUT2D eigenvalue weighted by Gasteiger charge is -2.27. The molecule has 5 rings (SSSR count). The van der Waals surface area contributed by atoms with E-state index in [9.17, 15) is 4.79 Å². The van der Waals surface area contributed by atoms with Gasteiger partial charge < -0.3 is 9.64 Å². The minimum Gasteiger partial charge on any atom is -0.457 e. The number of ether oxygens (including phenoxy) is 1. The van der Waals surface area contributed by atoms with Gasteiger partial charge in [0.2, 0.25) is 5.91 Å². The number of aromatic amines is 1. The van der Waals surface area contributed by atoms with Crippen LogP contribution < -0.4 is 4.74 Å². The highest BCUT2D eigenvalue weighted by Gasteiger charge is 2.27. The largest absolute Gasteiger partial charge is 0.457 e. The molecule has 6 heteroatoms. The van der Waals surface area contributed by atoms with Crippen LogP contribution >= 0.6 is 0 Å². The van der Waals surface area contributed by atoms with Crippen molar-refractivity contribution in [3.05, 3.63) is 95.9 Å². The highest BCUT2D eigenvalue weighted by Crippen LogP contribution is 2.30. The van der Waals surface area contributed by atoms with Crippen LogP contribution in [0.15, 0.2) is 79.1 Å². The van der Waals surface area contributed by atoms with E-state index in [2.05, 4.69) is 15.2 Å². The van der Waals surface area contributed by atoms with Crippen LogP contribution in [0.5, 0.6) is 11.5 Å². The van der Waals surface area contributed by atoms with Crippen molar-refractivity contribution in [3.63, 3.8) is 0 Å². The molecule has 2 aromatic heterocycles. The summed E-state index contributed by atoms with van der Waals surface area (Å²) in [5.74, 6) is 1.69. The summed E-state index contributed by atoms with van der Waals surface area (Å²) >= 11 is 0. The number of pyridine rings is 1. The average Bonchev–Trinajstić information content (AvgIpc) is 3.22. The van der Waals surface area contributed by atoms with Crippen molar-refractivity contribution in [2.45, 2.75) is 19.4 Å². The first-order valence-electron chi connectivity index (χ1n) is 10.3. The number of carbonyl (C=O) groups excluding carboxylic acids is 1. The van der Waals surface area contributed by atoms with E-state index in [1.165, 1.54) is 5.56 Å². The number of rotatable bonds is 6. The highest BCUT2D eigenvalue weighted by molar-refractivity contribution is 5.83. The molecule has 0 atom stereocenters. The molecule has 31 heavy (non-hydrogen) atoms. The fraction of sp³-hybridized carbons (Fsp3) is 0.160. The molecule has 0 saturated carbocycles. The zero-order valence-corrected chi connectivity index (χ0v) is 17.0. The number of H-pyrrole nitrogens is 1. The second-order valence-corrected chi connectivity index (χ2v) is 7.57. The van der Waals surface area contributed by atoms with Gasteiger partial charge in [0.05, 0.1) is 24.4 Å². The standard InChI is InChI=1S/C25H22N4O2/c30-24-16-22-23(17-29(24)15-12-18-10-13-26-14-11-18)27-28-25(22)19-6-8-21(9-7-19)31-20-4-2-1-3-5-20/h1-11,13-14H,12,15-17H2,(H,27,28). The lowest BCUT2D eigenvalue weighted by molar-refractivity contribution is -0.131. The maximum absolute atomic E-state index is 12.8. The first-order chi connectivity index (χ1) is 15.3. The highest BCUT2D eigenvalue weighted by atomic mass is 16.5. The summed E-state index contributed by atoms with van der Waals surface area (Å²) in [5.41, 5.74) is 4.98. The van der Waals surface area contributed by atoms with Gasteiger partial charge in [-0.25, -0.2) is 0 Å². The fourth-order valence-electron chi connectivity index (χ4n) is 3.83. The zero-order chi connectivity index (χ0) is 21.0. The first kappa shape index (κ1) is 19.1. The van der Waals surface area contributed by atoms with Gasteiger partial charge >= 0.3 is 0 Å². The van der Waals surface area contributed by atoms with Gasteiger partial charge in [0, 0.05) is 30.1 Å². The summed E-state index contributed by atoms with van der Waals surface area (Å²) in [4.78, 5) is 18.7. The Bertz CT molecular complexity index is 1170. The van der Waals surface area contributed by atoms with E-state index in [0.717, 1.165) is 40.4 Å². The number of nitrogens with one attached hydrogen (secondary N) is 1.